The Labute approximate surface area is 165 Å². The number of hydrogen-bond acceptors (Lipinski definition) is 4. The van der Waals surface area contributed by atoms with E-state index in [4.69, 9.17) is 16.3 Å². The molecule has 0 spiro atoms. The van der Waals surface area contributed by atoms with Crippen LogP contribution in [0.5, 0.6) is 0 Å². The minimum absolute atomic E-state index is 0.0589. The molecule has 1 saturated heterocycles. The first-order chi connectivity index (χ1) is 13.1. The molecule has 1 aliphatic heterocycles. The maximum atomic E-state index is 11.7. The standard InChI is InChI=1S/C21H26ClN3O2/c1-23-21(26)17-5-3-15(4-6-17)13-24-20(16-7-9-18(22)10-8-16)19-14-25(2)11-12-27-19/h3-10,19-20,24H,11-14H2,1-2H3,(H,23,26)/t19-,20+/m1/s1. The van der Waals surface area contributed by atoms with E-state index in [0.717, 1.165) is 35.8 Å². The van der Waals surface area contributed by atoms with E-state index in [1.807, 2.05) is 48.5 Å². The number of benzene rings is 2. The molecule has 0 aromatic heterocycles. The first-order valence-electron chi connectivity index (χ1n) is 9.17. The smallest absolute Gasteiger partial charge is 0.251 e. The molecule has 2 aromatic rings. The van der Waals surface area contributed by atoms with Crippen molar-refractivity contribution in [1.29, 1.82) is 0 Å². The fourth-order valence-electron chi connectivity index (χ4n) is 3.29. The average molecular weight is 388 g/mol. The predicted octanol–water partition coefficient (Wildman–Crippen LogP) is 2.86. The van der Waals surface area contributed by atoms with E-state index < -0.39 is 0 Å². The molecule has 2 N–H and O–H groups in total. The summed E-state index contributed by atoms with van der Waals surface area (Å²) in [5.41, 5.74) is 2.93. The zero-order chi connectivity index (χ0) is 19.2. The number of carbonyl (C=O) groups excluding carboxylic acids is 1. The molecule has 2 atom stereocenters. The third-order valence-electron chi connectivity index (χ3n) is 4.87. The van der Waals surface area contributed by atoms with Crippen LogP contribution in [-0.4, -0.2) is 50.7 Å². The van der Waals surface area contributed by atoms with Crippen molar-refractivity contribution in [2.24, 2.45) is 0 Å². The molecule has 1 fully saturated rings. The van der Waals surface area contributed by atoms with E-state index in [0.29, 0.717) is 12.1 Å². The van der Waals surface area contributed by atoms with Gasteiger partial charge in [-0.2, -0.15) is 0 Å². The quantitative estimate of drug-likeness (QED) is 0.800. The van der Waals surface area contributed by atoms with Gasteiger partial charge in [0, 0.05) is 37.3 Å². The zero-order valence-electron chi connectivity index (χ0n) is 15.7. The summed E-state index contributed by atoms with van der Waals surface area (Å²) in [6.45, 7) is 3.24. The first-order valence-corrected chi connectivity index (χ1v) is 9.54. The van der Waals surface area contributed by atoms with Crippen molar-refractivity contribution in [2.75, 3.05) is 33.8 Å². The van der Waals surface area contributed by atoms with Gasteiger partial charge in [-0.25, -0.2) is 0 Å². The summed E-state index contributed by atoms with van der Waals surface area (Å²) in [7, 11) is 3.75. The summed E-state index contributed by atoms with van der Waals surface area (Å²) in [5.74, 6) is -0.0767. The summed E-state index contributed by atoms with van der Waals surface area (Å²) in [6.07, 6.45) is 0.0649. The van der Waals surface area contributed by atoms with Gasteiger partial charge >= 0.3 is 0 Å². The van der Waals surface area contributed by atoms with Gasteiger partial charge in [0.1, 0.15) is 0 Å². The van der Waals surface area contributed by atoms with Crippen LogP contribution in [0.1, 0.15) is 27.5 Å². The van der Waals surface area contributed by atoms with Crippen LogP contribution in [0.2, 0.25) is 5.02 Å². The topological polar surface area (TPSA) is 53.6 Å². The van der Waals surface area contributed by atoms with E-state index in [9.17, 15) is 4.79 Å². The van der Waals surface area contributed by atoms with Crippen LogP contribution < -0.4 is 10.6 Å². The molecule has 0 radical (unpaired) electrons. The zero-order valence-corrected chi connectivity index (χ0v) is 16.5. The first kappa shape index (κ1) is 19.8. The number of carbonyl (C=O) groups is 1. The van der Waals surface area contributed by atoms with Crippen molar-refractivity contribution < 1.29 is 9.53 Å². The molecular formula is C21H26ClN3O2. The van der Waals surface area contributed by atoms with Crippen LogP contribution in [0.25, 0.3) is 0 Å². The van der Waals surface area contributed by atoms with Crippen LogP contribution in [0.4, 0.5) is 0 Å². The van der Waals surface area contributed by atoms with Gasteiger partial charge in [0.25, 0.3) is 5.91 Å². The van der Waals surface area contributed by atoms with E-state index >= 15 is 0 Å². The fourth-order valence-corrected chi connectivity index (χ4v) is 3.42. The molecule has 0 bridgehead atoms. The average Bonchev–Trinajstić information content (AvgIpc) is 2.69. The summed E-state index contributed by atoms with van der Waals surface area (Å²) >= 11 is 6.06. The highest BCUT2D eigenvalue weighted by Gasteiger charge is 2.27. The Morgan fingerprint density at radius 3 is 2.56 bits per heavy atom. The molecule has 1 amide bonds. The van der Waals surface area contributed by atoms with E-state index in [1.165, 1.54) is 0 Å². The molecule has 5 nitrogen and oxygen atoms in total. The number of halogens is 1. The number of ether oxygens (including phenoxy) is 1. The van der Waals surface area contributed by atoms with Gasteiger partial charge in [-0.1, -0.05) is 35.9 Å². The van der Waals surface area contributed by atoms with Crippen LogP contribution >= 0.6 is 11.6 Å². The van der Waals surface area contributed by atoms with Gasteiger partial charge in [-0.05, 0) is 42.4 Å². The second-order valence-electron chi connectivity index (χ2n) is 6.86. The molecule has 2 aromatic carbocycles. The lowest BCUT2D eigenvalue weighted by atomic mass is 9.99. The minimum Gasteiger partial charge on any atom is -0.374 e. The maximum Gasteiger partial charge on any atom is 0.251 e. The lowest BCUT2D eigenvalue weighted by Gasteiger charge is -2.36. The Balaban J connectivity index is 1.73. The highest BCUT2D eigenvalue weighted by atomic mass is 35.5. The van der Waals surface area contributed by atoms with Gasteiger partial charge in [-0.3, -0.25) is 4.79 Å². The Morgan fingerprint density at radius 2 is 1.93 bits per heavy atom. The highest BCUT2D eigenvalue weighted by molar-refractivity contribution is 6.30. The molecule has 3 rings (SSSR count). The number of morpholine rings is 1. The van der Waals surface area contributed by atoms with Crippen molar-refractivity contribution in [3.05, 3.63) is 70.2 Å². The van der Waals surface area contributed by atoms with Gasteiger partial charge in [0.2, 0.25) is 0 Å². The molecule has 0 unspecified atom stereocenters. The van der Waals surface area contributed by atoms with Crippen molar-refractivity contribution in [2.45, 2.75) is 18.7 Å². The Morgan fingerprint density at radius 1 is 1.22 bits per heavy atom. The third kappa shape index (κ3) is 5.30. The summed E-state index contributed by atoms with van der Waals surface area (Å²) in [5, 5.41) is 6.99. The van der Waals surface area contributed by atoms with E-state index in [2.05, 4.69) is 22.6 Å². The Kier molecular flexibility index (Phi) is 6.85. The Hall–Kier alpha value is -1.92. The Bertz CT molecular complexity index is 749. The number of amides is 1. The number of nitrogens with zero attached hydrogens (tertiary/aromatic N) is 1. The lowest BCUT2D eigenvalue weighted by molar-refractivity contribution is -0.0396. The van der Waals surface area contributed by atoms with Crippen molar-refractivity contribution in [3.63, 3.8) is 0 Å². The highest BCUT2D eigenvalue weighted by Crippen LogP contribution is 2.24. The third-order valence-corrected chi connectivity index (χ3v) is 5.12. The molecular weight excluding hydrogens is 362 g/mol. The lowest BCUT2D eigenvalue weighted by Crippen LogP contribution is -2.46. The summed E-state index contributed by atoms with van der Waals surface area (Å²) in [6, 6.07) is 15.6. The van der Waals surface area contributed by atoms with Crippen LogP contribution in [0.15, 0.2) is 48.5 Å². The molecule has 0 aliphatic carbocycles. The van der Waals surface area contributed by atoms with Crippen molar-refractivity contribution in [1.82, 2.24) is 15.5 Å². The maximum absolute atomic E-state index is 11.7. The van der Waals surface area contributed by atoms with Crippen LogP contribution in [-0.2, 0) is 11.3 Å². The van der Waals surface area contributed by atoms with Gasteiger partial charge in [0.05, 0.1) is 18.8 Å². The van der Waals surface area contributed by atoms with Crippen LogP contribution in [0.3, 0.4) is 0 Å². The number of nitrogens with one attached hydrogen (secondary N) is 2. The summed E-state index contributed by atoms with van der Waals surface area (Å²) < 4.78 is 6.06. The van der Waals surface area contributed by atoms with Gasteiger partial charge < -0.3 is 20.3 Å². The fraction of sp³-hybridized carbons (Fsp3) is 0.381. The normalized spacial score (nSPS) is 18.9. The second-order valence-corrected chi connectivity index (χ2v) is 7.29. The van der Waals surface area contributed by atoms with Crippen molar-refractivity contribution >= 4 is 17.5 Å². The monoisotopic (exact) mass is 387 g/mol. The van der Waals surface area contributed by atoms with Gasteiger partial charge in [0.15, 0.2) is 0 Å². The second kappa shape index (κ2) is 9.33. The largest absolute Gasteiger partial charge is 0.374 e. The minimum atomic E-state index is -0.0767. The predicted molar refractivity (Wildman–Crippen MR) is 108 cm³/mol. The SMILES string of the molecule is CNC(=O)c1ccc(CN[C@@H](c2ccc(Cl)cc2)[C@H]2CN(C)CCO2)cc1. The molecule has 6 heteroatoms. The van der Waals surface area contributed by atoms with E-state index in [-0.39, 0.29) is 18.1 Å². The van der Waals surface area contributed by atoms with E-state index in [1.54, 1.807) is 7.05 Å². The molecule has 1 aliphatic rings. The van der Waals surface area contributed by atoms with Gasteiger partial charge in [-0.15, -0.1) is 0 Å². The number of hydrogen-bond donors (Lipinski definition) is 2. The molecule has 0 saturated carbocycles. The summed E-state index contributed by atoms with van der Waals surface area (Å²) in [4.78, 5) is 14.0. The van der Waals surface area contributed by atoms with Crippen molar-refractivity contribution in [3.8, 4) is 0 Å². The molecule has 27 heavy (non-hydrogen) atoms. The number of likely N-dealkylation sites (N-methyl/N-ethyl adjacent to an activating group) is 1. The van der Waals surface area contributed by atoms with Crippen LogP contribution in [0, 0.1) is 0 Å². The number of rotatable bonds is 6. The molecule has 144 valence electrons. The molecule has 1 heterocycles.